The third kappa shape index (κ3) is 11.5. The van der Waals surface area contributed by atoms with Crippen molar-refractivity contribution >= 4 is 47.2 Å². The fraction of sp³-hybridized carbons (Fsp3) is 0.500. The Hall–Kier alpha value is -5.58. The van der Waals surface area contributed by atoms with E-state index in [1.165, 1.54) is 24.0 Å². The van der Waals surface area contributed by atoms with Crippen LogP contribution in [-0.2, 0) is 28.7 Å². The molecule has 14 heteroatoms. The molecule has 4 rings (SSSR count). The molecule has 4 atom stereocenters. The molecule has 2 aliphatic heterocycles. The van der Waals surface area contributed by atoms with Crippen LogP contribution in [0.5, 0.6) is 0 Å². The quantitative estimate of drug-likeness (QED) is 0.230. The number of likely N-dealkylation sites (tertiary alicyclic amines) is 2. The molecule has 0 radical (unpaired) electrons. The van der Waals surface area contributed by atoms with E-state index in [1.54, 1.807) is 36.4 Å². The molecule has 2 saturated heterocycles. The van der Waals surface area contributed by atoms with Gasteiger partial charge in [-0.15, -0.1) is 0 Å². The van der Waals surface area contributed by atoms with Crippen LogP contribution in [0.2, 0.25) is 0 Å². The monoisotopic (exact) mass is 744 g/mol. The third-order valence-corrected chi connectivity index (χ3v) is 9.25. The van der Waals surface area contributed by atoms with Crippen LogP contribution in [0.25, 0.3) is 0 Å². The second-order valence-corrected chi connectivity index (χ2v) is 14.4. The molecule has 0 saturated carbocycles. The van der Waals surface area contributed by atoms with Crippen LogP contribution in [0.3, 0.4) is 0 Å². The highest BCUT2D eigenvalue weighted by Gasteiger charge is 2.39. The van der Waals surface area contributed by atoms with Crippen LogP contribution < -0.4 is 21.3 Å². The Balaban J connectivity index is 1.40. The molecule has 0 aromatic heterocycles. The summed E-state index contributed by atoms with van der Waals surface area (Å²) in [6.07, 6.45) is 1.73. The molecule has 4 N–H and O–H groups in total. The minimum absolute atomic E-state index is 0.128. The molecule has 2 aromatic carbocycles. The van der Waals surface area contributed by atoms with E-state index >= 15 is 0 Å². The number of amides is 6. The van der Waals surface area contributed by atoms with Crippen molar-refractivity contribution in [1.29, 1.82) is 0 Å². The molecule has 0 spiro atoms. The lowest BCUT2D eigenvalue weighted by molar-refractivity contribution is -0.138. The van der Waals surface area contributed by atoms with Gasteiger partial charge >= 0.3 is 12.2 Å². The van der Waals surface area contributed by atoms with E-state index in [4.69, 9.17) is 9.47 Å². The van der Waals surface area contributed by atoms with Crippen molar-refractivity contribution in [3.63, 3.8) is 0 Å². The first-order valence-corrected chi connectivity index (χ1v) is 18.4. The van der Waals surface area contributed by atoms with E-state index in [-0.39, 0.29) is 35.5 Å². The number of ether oxygens (including phenoxy) is 2. The molecule has 54 heavy (non-hydrogen) atoms. The second-order valence-electron chi connectivity index (χ2n) is 14.4. The van der Waals surface area contributed by atoms with E-state index < -0.39 is 36.4 Å². The van der Waals surface area contributed by atoms with Crippen molar-refractivity contribution in [2.75, 3.05) is 37.9 Å². The van der Waals surface area contributed by atoms with Crippen molar-refractivity contribution in [3.05, 3.63) is 59.7 Å². The molecular formula is C40H52N6O8. The molecule has 0 aliphatic carbocycles. The van der Waals surface area contributed by atoms with E-state index in [0.29, 0.717) is 74.1 Å². The van der Waals surface area contributed by atoms with Gasteiger partial charge in [-0.2, -0.15) is 0 Å². The highest BCUT2D eigenvalue weighted by molar-refractivity contribution is 5.99. The Morgan fingerprint density at radius 3 is 1.41 bits per heavy atom. The van der Waals surface area contributed by atoms with E-state index in [9.17, 15) is 28.8 Å². The van der Waals surface area contributed by atoms with Gasteiger partial charge in [0.2, 0.25) is 23.6 Å². The Labute approximate surface area is 317 Å². The lowest BCUT2D eigenvalue weighted by Crippen LogP contribution is -2.53. The van der Waals surface area contributed by atoms with Crippen molar-refractivity contribution in [2.45, 2.75) is 90.4 Å². The van der Waals surface area contributed by atoms with Gasteiger partial charge in [-0.05, 0) is 86.8 Å². The number of hydrogen-bond donors (Lipinski definition) is 4. The molecule has 2 heterocycles. The zero-order valence-corrected chi connectivity index (χ0v) is 31.9. The summed E-state index contributed by atoms with van der Waals surface area (Å²) in [6.45, 7) is 8.62. The van der Waals surface area contributed by atoms with Crippen molar-refractivity contribution in [2.24, 2.45) is 11.8 Å². The first-order valence-electron chi connectivity index (χ1n) is 18.4. The lowest BCUT2D eigenvalue weighted by atomic mass is 10.0. The highest BCUT2D eigenvalue weighted by atomic mass is 16.5. The summed E-state index contributed by atoms with van der Waals surface area (Å²) in [5, 5.41) is 11.1. The predicted molar refractivity (Wildman–Crippen MR) is 203 cm³/mol. The number of methoxy groups -OCH3 is 2. The molecule has 2 aliphatic rings. The van der Waals surface area contributed by atoms with Crippen molar-refractivity contribution < 1.29 is 38.2 Å². The van der Waals surface area contributed by atoms with Crippen LogP contribution in [0.4, 0.5) is 21.0 Å². The van der Waals surface area contributed by atoms with Crippen LogP contribution in [0, 0.1) is 23.7 Å². The topological polar surface area (TPSA) is 175 Å². The van der Waals surface area contributed by atoms with Crippen molar-refractivity contribution in [3.8, 4) is 11.8 Å². The Kier molecular flexibility index (Phi) is 14.9. The second kappa shape index (κ2) is 19.5. The zero-order valence-electron chi connectivity index (χ0n) is 31.9. The van der Waals surface area contributed by atoms with Gasteiger partial charge in [0.15, 0.2) is 0 Å². The highest BCUT2D eigenvalue weighted by Crippen LogP contribution is 2.24. The number of alkyl carbamates (subject to hydrolysis) is 2. The first kappa shape index (κ1) is 41.2. The number of carbonyl (C=O) groups excluding carboxylic acids is 6. The largest absolute Gasteiger partial charge is 0.453 e. The zero-order chi connectivity index (χ0) is 39.4. The maximum Gasteiger partial charge on any atom is 0.407 e. The van der Waals surface area contributed by atoms with Crippen LogP contribution in [0.1, 0.15) is 77.3 Å². The Morgan fingerprint density at radius 1 is 0.667 bits per heavy atom. The number of nitrogens with one attached hydrogen (secondary N) is 4. The van der Waals surface area contributed by atoms with E-state index in [2.05, 4.69) is 33.1 Å². The number of carbonyl (C=O) groups is 6. The van der Waals surface area contributed by atoms with Crippen molar-refractivity contribution in [1.82, 2.24) is 20.4 Å². The summed E-state index contributed by atoms with van der Waals surface area (Å²) in [4.78, 5) is 80.7. The summed E-state index contributed by atoms with van der Waals surface area (Å²) in [6, 6.07) is 11.1. The van der Waals surface area contributed by atoms with Gasteiger partial charge < -0.3 is 40.5 Å². The fourth-order valence-corrected chi connectivity index (χ4v) is 6.74. The van der Waals surface area contributed by atoms with Gasteiger partial charge in [0.05, 0.1) is 14.2 Å². The van der Waals surface area contributed by atoms with Gasteiger partial charge in [0, 0.05) is 35.6 Å². The summed E-state index contributed by atoms with van der Waals surface area (Å²) < 4.78 is 9.43. The first-order chi connectivity index (χ1) is 25.8. The molecule has 0 bridgehead atoms. The average molecular weight is 745 g/mol. The summed E-state index contributed by atoms with van der Waals surface area (Å²) in [5.74, 6) is 5.18. The predicted octanol–water partition coefficient (Wildman–Crippen LogP) is 4.49. The summed E-state index contributed by atoms with van der Waals surface area (Å²) in [5.41, 5.74) is 2.31. The number of rotatable bonds is 12. The maximum atomic E-state index is 13.5. The Bertz CT molecular complexity index is 1630. The molecule has 6 amide bonds. The third-order valence-electron chi connectivity index (χ3n) is 9.25. The number of anilines is 2. The summed E-state index contributed by atoms with van der Waals surface area (Å²) in [7, 11) is 2.48. The average Bonchev–Trinajstić information content (AvgIpc) is 3.84. The molecule has 14 nitrogen and oxygen atoms in total. The van der Waals surface area contributed by atoms with Gasteiger partial charge in [-0.25, -0.2) is 9.59 Å². The van der Waals surface area contributed by atoms with E-state index in [0.717, 1.165) is 0 Å². The van der Waals surface area contributed by atoms with Crippen LogP contribution in [0.15, 0.2) is 48.5 Å². The van der Waals surface area contributed by atoms with Crippen LogP contribution >= 0.6 is 0 Å². The standard InChI is InChI=1S/C40H52N6O8/c1-25(2)21-31(43-39(51)53-5)37(49)45-19-9-15-33(45)35(47)41-29-13-7-11-27(23-29)17-18-28-12-8-14-30(24-28)42-36(48)34-16-10-20-46(34)38(50)32(22-26(3)4)44-40(52)54-6/h7-8,11-14,23-26,31-34H,9-10,15-16,19-22H2,1-6H3,(H,41,47)(H,42,48)(H,43,51)(H,44,52)/t31-,32-,33-,34-/m0/s1. The number of benzene rings is 2. The minimum Gasteiger partial charge on any atom is -0.453 e. The summed E-state index contributed by atoms with van der Waals surface area (Å²) >= 11 is 0. The maximum absolute atomic E-state index is 13.5. The van der Waals surface area contributed by atoms with Gasteiger partial charge in [0.25, 0.3) is 0 Å². The SMILES string of the molecule is COC(=O)N[C@@H](CC(C)C)C(=O)N1CCC[C@H]1C(=O)Nc1cccc(C#Cc2cccc(NC(=O)[C@@H]3CCCN3C(=O)[C@H](CC(C)C)NC(=O)OC)c2)c1. The van der Waals surface area contributed by atoms with Gasteiger partial charge in [-0.3, -0.25) is 19.2 Å². The van der Waals surface area contributed by atoms with E-state index in [1.807, 2.05) is 39.8 Å². The fourth-order valence-electron chi connectivity index (χ4n) is 6.74. The molecule has 2 aromatic rings. The number of nitrogens with zero attached hydrogens (tertiary/aromatic N) is 2. The normalized spacial score (nSPS) is 17.6. The van der Waals surface area contributed by atoms with Gasteiger partial charge in [-0.1, -0.05) is 51.7 Å². The molecule has 0 unspecified atom stereocenters. The molecule has 2 fully saturated rings. The minimum atomic E-state index is -0.804. The number of hydrogen-bond acceptors (Lipinski definition) is 8. The van der Waals surface area contributed by atoms with Crippen LogP contribution in [-0.4, -0.2) is 97.1 Å². The van der Waals surface area contributed by atoms with Gasteiger partial charge in [0.1, 0.15) is 24.2 Å². The molecule has 290 valence electrons. The lowest BCUT2D eigenvalue weighted by Gasteiger charge is -2.29. The smallest absolute Gasteiger partial charge is 0.407 e. The Morgan fingerprint density at radius 2 is 1.06 bits per heavy atom. The molecular weight excluding hydrogens is 692 g/mol.